The molecule has 3 aromatic carbocycles. The average molecular weight is 523 g/mol. The number of carboxylic acids is 1. The van der Waals surface area contributed by atoms with Gasteiger partial charge in [0.15, 0.2) is 0 Å². The first kappa shape index (κ1) is 25.2. The standard InChI is InChI=1S/C27H23ClN2O5S/c1-27(2,3)35-17-11-9-16(10-12-17)29-24(31)15-8-13-18(26(33)34)20(14-15)30-25(32)23-22(28)19-6-4-5-7-21(19)36-23/h4-14H,1-3H3,(H,29,31)(H,30,32)(H,33,34). The second-order valence-corrected chi connectivity index (χ2v) is 10.4. The third-order valence-electron chi connectivity index (χ3n) is 5.04. The molecule has 9 heteroatoms. The number of thiophene rings is 1. The van der Waals surface area contributed by atoms with E-state index < -0.39 is 17.8 Å². The molecule has 0 spiro atoms. The van der Waals surface area contributed by atoms with Gasteiger partial charge in [-0.1, -0.05) is 29.8 Å². The smallest absolute Gasteiger partial charge is 0.337 e. The number of carbonyl (C=O) groups is 3. The number of halogens is 1. The summed E-state index contributed by atoms with van der Waals surface area (Å²) in [6, 6.07) is 18.2. The highest BCUT2D eigenvalue weighted by Crippen LogP contribution is 2.36. The van der Waals surface area contributed by atoms with Crippen LogP contribution in [0.25, 0.3) is 10.1 Å². The quantitative estimate of drug-likeness (QED) is 0.254. The van der Waals surface area contributed by atoms with Crippen molar-refractivity contribution in [3.05, 3.63) is 87.8 Å². The summed E-state index contributed by atoms with van der Waals surface area (Å²) in [5.41, 5.74) is 0.194. The molecule has 0 unspecified atom stereocenters. The fraction of sp³-hybridized carbons (Fsp3) is 0.148. The molecule has 4 rings (SSSR count). The van der Waals surface area contributed by atoms with Crippen LogP contribution in [0.5, 0.6) is 5.75 Å². The molecule has 2 amide bonds. The molecule has 0 aliphatic carbocycles. The van der Waals surface area contributed by atoms with E-state index in [1.807, 2.05) is 39.0 Å². The van der Waals surface area contributed by atoms with Crippen molar-refractivity contribution in [2.24, 2.45) is 0 Å². The molecule has 0 aliphatic rings. The Labute approximate surface area is 216 Å². The highest BCUT2D eigenvalue weighted by atomic mass is 35.5. The van der Waals surface area contributed by atoms with Crippen LogP contribution in [0.4, 0.5) is 11.4 Å². The Morgan fingerprint density at radius 1 is 0.917 bits per heavy atom. The van der Waals surface area contributed by atoms with Crippen molar-refractivity contribution >= 4 is 62.2 Å². The van der Waals surface area contributed by atoms with Crippen LogP contribution in [0.15, 0.2) is 66.7 Å². The predicted octanol–water partition coefficient (Wildman–Crippen LogP) is 6.93. The Morgan fingerprint density at radius 2 is 1.61 bits per heavy atom. The Balaban J connectivity index is 1.56. The number of carboxylic acid groups (broad SMARTS) is 1. The molecule has 36 heavy (non-hydrogen) atoms. The Morgan fingerprint density at radius 3 is 2.25 bits per heavy atom. The van der Waals surface area contributed by atoms with E-state index in [4.69, 9.17) is 16.3 Å². The van der Waals surface area contributed by atoms with Crippen LogP contribution in [0, 0.1) is 0 Å². The number of anilines is 2. The molecule has 184 valence electrons. The van der Waals surface area contributed by atoms with E-state index in [2.05, 4.69) is 10.6 Å². The first-order chi connectivity index (χ1) is 17.0. The van der Waals surface area contributed by atoms with E-state index in [1.165, 1.54) is 29.5 Å². The SMILES string of the molecule is CC(C)(C)Oc1ccc(NC(=O)c2ccc(C(=O)O)c(NC(=O)c3sc4ccccc4c3Cl)c2)cc1. The number of amides is 2. The molecule has 0 radical (unpaired) electrons. The summed E-state index contributed by atoms with van der Waals surface area (Å²) in [5.74, 6) is -1.60. The van der Waals surface area contributed by atoms with E-state index in [0.29, 0.717) is 11.4 Å². The van der Waals surface area contributed by atoms with Crippen LogP contribution in [0.2, 0.25) is 5.02 Å². The van der Waals surface area contributed by atoms with Gasteiger partial charge in [-0.25, -0.2) is 4.79 Å². The van der Waals surface area contributed by atoms with Gasteiger partial charge in [0.1, 0.15) is 16.2 Å². The number of ether oxygens (including phenoxy) is 1. The van der Waals surface area contributed by atoms with Gasteiger partial charge in [-0.15, -0.1) is 11.3 Å². The molecule has 0 saturated heterocycles. The average Bonchev–Trinajstić information content (AvgIpc) is 3.16. The van der Waals surface area contributed by atoms with Gasteiger partial charge in [0.25, 0.3) is 11.8 Å². The molecular weight excluding hydrogens is 500 g/mol. The largest absolute Gasteiger partial charge is 0.488 e. The topological polar surface area (TPSA) is 105 Å². The maximum absolute atomic E-state index is 13.0. The van der Waals surface area contributed by atoms with Gasteiger partial charge in [-0.2, -0.15) is 0 Å². The lowest BCUT2D eigenvalue weighted by atomic mass is 10.1. The molecule has 0 aliphatic heterocycles. The van der Waals surface area contributed by atoms with E-state index in [-0.39, 0.29) is 32.3 Å². The third kappa shape index (κ3) is 5.67. The van der Waals surface area contributed by atoms with Gasteiger partial charge in [-0.3, -0.25) is 9.59 Å². The minimum atomic E-state index is -1.24. The number of nitrogens with one attached hydrogen (secondary N) is 2. The van der Waals surface area contributed by atoms with Crippen molar-refractivity contribution in [3.8, 4) is 5.75 Å². The molecule has 4 aromatic rings. The van der Waals surface area contributed by atoms with Crippen LogP contribution >= 0.6 is 22.9 Å². The van der Waals surface area contributed by atoms with Crippen molar-refractivity contribution in [2.45, 2.75) is 26.4 Å². The molecular formula is C27H23ClN2O5S. The van der Waals surface area contributed by atoms with Crippen molar-refractivity contribution in [1.29, 1.82) is 0 Å². The number of hydrogen-bond acceptors (Lipinski definition) is 5. The van der Waals surface area contributed by atoms with E-state index in [0.717, 1.165) is 10.1 Å². The summed E-state index contributed by atoms with van der Waals surface area (Å²) in [4.78, 5) is 37.9. The highest BCUT2D eigenvalue weighted by Gasteiger charge is 2.21. The molecule has 0 fully saturated rings. The summed E-state index contributed by atoms with van der Waals surface area (Å²) < 4.78 is 6.61. The Bertz CT molecular complexity index is 1470. The summed E-state index contributed by atoms with van der Waals surface area (Å²) in [6.07, 6.45) is 0. The highest BCUT2D eigenvalue weighted by molar-refractivity contribution is 7.21. The summed E-state index contributed by atoms with van der Waals surface area (Å²) >= 11 is 7.60. The fourth-order valence-electron chi connectivity index (χ4n) is 3.48. The van der Waals surface area contributed by atoms with Gasteiger partial charge in [0.05, 0.1) is 16.3 Å². The number of carbonyl (C=O) groups excluding carboxylic acids is 2. The Hall–Kier alpha value is -3.88. The van der Waals surface area contributed by atoms with Crippen molar-refractivity contribution < 1.29 is 24.2 Å². The molecule has 1 heterocycles. The van der Waals surface area contributed by atoms with Gasteiger partial charge in [0, 0.05) is 21.3 Å². The number of benzene rings is 3. The van der Waals surface area contributed by atoms with Crippen LogP contribution < -0.4 is 15.4 Å². The summed E-state index contributed by atoms with van der Waals surface area (Å²) in [7, 11) is 0. The molecule has 7 nitrogen and oxygen atoms in total. The lowest BCUT2D eigenvalue weighted by Crippen LogP contribution is -2.22. The van der Waals surface area contributed by atoms with Gasteiger partial charge in [0.2, 0.25) is 0 Å². The van der Waals surface area contributed by atoms with Crippen molar-refractivity contribution in [1.82, 2.24) is 0 Å². The van der Waals surface area contributed by atoms with Gasteiger partial charge in [-0.05, 0) is 69.3 Å². The van der Waals surface area contributed by atoms with Crippen molar-refractivity contribution in [2.75, 3.05) is 10.6 Å². The molecule has 3 N–H and O–H groups in total. The molecule has 0 saturated carbocycles. The van der Waals surface area contributed by atoms with Crippen LogP contribution in [-0.2, 0) is 0 Å². The van der Waals surface area contributed by atoms with Gasteiger partial charge >= 0.3 is 5.97 Å². The second kappa shape index (κ2) is 10.0. The Kier molecular flexibility index (Phi) is 7.01. The first-order valence-electron chi connectivity index (χ1n) is 11.0. The molecule has 1 aromatic heterocycles. The first-order valence-corrected chi connectivity index (χ1v) is 12.2. The van der Waals surface area contributed by atoms with Crippen LogP contribution in [-0.4, -0.2) is 28.5 Å². The number of fused-ring (bicyclic) bond motifs is 1. The molecule has 0 bridgehead atoms. The minimum Gasteiger partial charge on any atom is -0.488 e. The van der Waals surface area contributed by atoms with Crippen LogP contribution in [0.1, 0.15) is 51.2 Å². The lowest BCUT2D eigenvalue weighted by Gasteiger charge is -2.21. The third-order valence-corrected chi connectivity index (χ3v) is 6.71. The maximum Gasteiger partial charge on any atom is 0.337 e. The molecule has 0 atom stereocenters. The zero-order chi connectivity index (χ0) is 26.0. The summed E-state index contributed by atoms with van der Waals surface area (Å²) in [5, 5.41) is 16.0. The minimum absolute atomic E-state index is 0.0115. The summed E-state index contributed by atoms with van der Waals surface area (Å²) in [6.45, 7) is 5.82. The normalized spacial score (nSPS) is 11.2. The lowest BCUT2D eigenvalue weighted by molar-refractivity contribution is 0.0697. The van der Waals surface area contributed by atoms with E-state index >= 15 is 0 Å². The second-order valence-electron chi connectivity index (χ2n) is 8.95. The van der Waals surface area contributed by atoms with Gasteiger partial charge < -0.3 is 20.5 Å². The van der Waals surface area contributed by atoms with Crippen molar-refractivity contribution in [3.63, 3.8) is 0 Å². The maximum atomic E-state index is 13.0. The van der Waals surface area contributed by atoms with E-state index in [1.54, 1.807) is 30.3 Å². The monoisotopic (exact) mass is 522 g/mol. The predicted molar refractivity (Wildman–Crippen MR) is 143 cm³/mol. The zero-order valence-electron chi connectivity index (χ0n) is 19.7. The van der Waals surface area contributed by atoms with Crippen LogP contribution in [0.3, 0.4) is 0 Å². The zero-order valence-corrected chi connectivity index (χ0v) is 21.3. The number of hydrogen-bond donors (Lipinski definition) is 3. The number of rotatable bonds is 6. The fourth-order valence-corrected chi connectivity index (χ4v) is 4.89. The number of aromatic carboxylic acids is 1. The van der Waals surface area contributed by atoms with E-state index in [9.17, 15) is 19.5 Å².